The fourth-order valence-electron chi connectivity index (χ4n) is 3.75. The molecule has 0 saturated carbocycles. The van der Waals surface area contributed by atoms with Crippen molar-refractivity contribution in [3.8, 4) is 17.1 Å². The number of aliphatic hydroxyl groups excluding tert-OH is 1. The van der Waals surface area contributed by atoms with Crippen molar-refractivity contribution in [3.05, 3.63) is 71.7 Å². The minimum Gasteiger partial charge on any atom is -0.390 e. The van der Waals surface area contributed by atoms with Crippen LogP contribution in [0.4, 0.5) is 8.78 Å². The van der Waals surface area contributed by atoms with Crippen molar-refractivity contribution < 1.29 is 18.6 Å². The normalized spacial score (nSPS) is 12.5. The highest BCUT2D eigenvalue weighted by atomic mass is 19.3. The van der Waals surface area contributed by atoms with Crippen molar-refractivity contribution in [1.29, 1.82) is 0 Å². The number of pyridine rings is 2. The number of fused-ring (bicyclic) bond motifs is 1. The van der Waals surface area contributed by atoms with Crippen molar-refractivity contribution >= 4 is 10.9 Å². The Morgan fingerprint density at radius 1 is 1.12 bits per heavy atom. The van der Waals surface area contributed by atoms with Crippen LogP contribution in [-0.4, -0.2) is 31.5 Å². The van der Waals surface area contributed by atoms with Crippen molar-refractivity contribution in [2.75, 3.05) is 0 Å². The van der Waals surface area contributed by atoms with Gasteiger partial charge >= 0.3 is 6.61 Å². The van der Waals surface area contributed by atoms with Crippen LogP contribution in [0.1, 0.15) is 42.8 Å². The van der Waals surface area contributed by atoms with Gasteiger partial charge in [-0.3, -0.25) is 4.98 Å². The molecule has 4 rings (SSSR count). The first-order chi connectivity index (χ1) is 16.0. The topological polar surface area (TPSA) is 99.1 Å². The second kappa shape index (κ2) is 10.1. The summed E-state index contributed by atoms with van der Waals surface area (Å²) in [5, 5.41) is 14.5. The predicted octanol–water partition coefficient (Wildman–Crippen LogP) is 4.51. The number of aromatic nitrogens is 4. The number of nitrogens with zero attached hydrogens (tertiary/aromatic N) is 4. The molecule has 4 aromatic rings. The van der Waals surface area contributed by atoms with Crippen LogP contribution in [0.2, 0.25) is 0 Å². The Morgan fingerprint density at radius 2 is 1.94 bits per heavy atom. The largest absolute Gasteiger partial charge is 0.390 e. The summed E-state index contributed by atoms with van der Waals surface area (Å²) in [4.78, 5) is 9.14. The number of benzene rings is 1. The molecular formula is C24H25F2N5O2. The van der Waals surface area contributed by atoms with E-state index in [9.17, 15) is 13.9 Å². The number of ether oxygens (including phenoxy) is 1. The molecule has 0 fully saturated rings. The van der Waals surface area contributed by atoms with E-state index in [1.54, 1.807) is 35.1 Å². The minimum atomic E-state index is -2.89. The Morgan fingerprint density at radius 3 is 2.70 bits per heavy atom. The maximum absolute atomic E-state index is 12.8. The van der Waals surface area contributed by atoms with Crippen LogP contribution in [0, 0.1) is 0 Å². The molecule has 0 amide bonds. The summed E-state index contributed by atoms with van der Waals surface area (Å²) in [7, 11) is 0. The first-order valence-corrected chi connectivity index (χ1v) is 10.7. The minimum absolute atomic E-state index is 0.184. The lowest BCUT2D eigenvalue weighted by Crippen LogP contribution is -2.11. The summed E-state index contributed by atoms with van der Waals surface area (Å²) < 4.78 is 31.8. The van der Waals surface area contributed by atoms with Crippen LogP contribution >= 0.6 is 0 Å². The van der Waals surface area contributed by atoms with Gasteiger partial charge in [0.05, 0.1) is 42.0 Å². The van der Waals surface area contributed by atoms with E-state index in [2.05, 4.69) is 21.7 Å². The Bertz CT molecular complexity index is 1240. The zero-order chi connectivity index (χ0) is 23.4. The van der Waals surface area contributed by atoms with Gasteiger partial charge in [0.15, 0.2) is 5.82 Å². The third kappa shape index (κ3) is 5.05. The van der Waals surface area contributed by atoms with Crippen LogP contribution in [0.5, 0.6) is 0 Å². The number of halogens is 2. The molecule has 0 spiro atoms. The average molecular weight is 453 g/mol. The molecule has 0 bridgehead atoms. The van der Waals surface area contributed by atoms with Crippen LogP contribution in [0.3, 0.4) is 0 Å². The standard InChI is InChI=1S/C24H25F2N5O2/c1-2-5-19(27)21-8-4-7-20(30-21)15-10-16(14-33-24(25)26)18-12-28-31(22(18)11-15)23-9-3-6-17(13-32)29-23/h3-4,6-12,19,24,32H,2,5,13-14,27H2,1H3. The number of rotatable bonds is 9. The van der Waals surface area contributed by atoms with E-state index in [1.165, 1.54) is 0 Å². The Hall–Kier alpha value is -3.27. The van der Waals surface area contributed by atoms with Crippen LogP contribution in [0.25, 0.3) is 28.0 Å². The molecule has 3 N–H and O–H groups in total. The smallest absolute Gasteiger partial charge is 0.345 e. The zero-order valence-electron chi connectivity index (χ0n) is 18.2. The molecule has 0 aliphatic heterocycles. The van der Waals surface area contributed by atoms with Crippen molar-refractivity contribution in [2.24, 2.45) is 5.73 Å². The molecule has 1 unspecified atom stereocenters. The zero-order valence-corrected chi connectivity index (χ0v) is 18.2. The molecule has 0 aliphatic carbocycles. The maximum atomic E-state index is 12.8. The van der Waals surface area contributed by atoms with E-state index in [1.807, 2.05) is 24.3 Å². The molecule has 33 heavy (non-hydrogen) atoms. The molecule has 7 nitrogen and oxygen atoms in total. The number of hydrogen-bond acceptors (Lipinski definition) is 6. The average Bonchev–Trinajstić information content (AvgIpc) is 3.27. The van der Waals surface area contributed by atoms with Gasteiger partial charge in [-0.1, -0.05) is 25.5 Å². The summed E-state index contributed by atoms with van der Waals surface area (Å²) in [5.74, 6) is 0.501. The number of nitrogens with two attached hydrogens (primary N) is 1. The first kappa shape index (κ1) is 22.9. The van der Waals surface area contributed by atoms with Gasteiger partial charge in [0.1, 0.15) is 0 Å². The quantitative estimate of drug-likeness (QED) is 0.387. The number of aliphatic hydroxyl groups is 1. The van der Waals surface area contributed by atoms with Crippen LogP contribution in [0.15, 0.2) is 54.7 Å². The lowest BCUT2D eigenvalue weighted by molar-refractivity contribution is -0.136. The molecule has 1 aromatic carbocycles. The summed E-state index contributed by atoms with van der Waals surface area (Å²) in [5.41, 5.74) is 10.1. The summed E-state index contributed by atoms with van der Waals surface area (Å²) in [6.45, 7) is -1.32. The molecule has 0 radical (unpaired) electrons. The predicted molar refractivity (Wildman–Crippen MR) is 121 cm³/mol. The molecule has 0 aliphatic rings. The van der Waals surface area contributed by atoms with Gasteiger partial charge in [0.25, 0.3) is 0 Å². The molecule has 172 valence electrons. The van der Waals surface area contributed by atoms with E-state index >= 15 is 0 Å². The summed E-state index contributed by atoms with van der Waals surface area (Å²) in [6, 6.07) is 14.3. The van der Waals surface area contributed by atoms with E-state index in [-0.39, 0.29) is 19.3 Å². The van der Waals surface area contributed by atoms with Gasteiger partial charge in [0, 0.05) is 17.0 Å². The maximum Gasteiger partial charge on any atom is 0.345 e. The molecule has 9 heteroatoms. The van der Waals surface area contributed by atoms with Crippen LogP contribution < -0.4 is 5.73 Å². The SMILES string of the molecule is CCCC(N)c1cccc(-c2cc(COC(F)F)c3cnn(-c4cccc(CO)n4)c3c2)n1. The van der Waals surface area contributed by atoms with E-state index < -0.39 is 6.61 Å². The van der Waals surface area contributed by atoms with Crippen molar-refractivity contribution in [1.82, 2.24) is 19.7 Å². The Balaban J connectivity index is 1.85. The van der Waals surface area contributed by atoms with Crippen molar-refractivity contribution in [2.45, 2.75) is 45.6 Å². The summed E-state index contributed by atoms with van der Waals surface area (Å²) >= 11 is 0. The van der Waals surface area contributed by atoms with Crippen LogP contribution in [-0.2, 0) is 18.0 Å². The molecule has 1 atom stereocenters. The second-order valence-electron chi connectivity index (χ2n) is 7.68. The highest BCUT2D eigenvalue weighted by molar-refractivity contribution is 5.88. The Kier molecular flexibility index (Phi) is 7.02. The van der Waals surface area contributed by atoms with E-state index in [4.69, 9.17) is 10.7 Å². The number of alkyl halides is 2. The molecule has 3 heterocycles. The lowest BCUT2D eigenvalue weighted by atomic mass is 10.0. The third-order valence-corrected chi connectivity index (χ3v) is 5.36. The summed E-state index contributed by atoms with van der Waals surface area (Å²) in [6.07, 6.45) is 3.34. The number of hydrogen-bond donors (Lipinski definition) is 2. The fourth-order valence-corrected chi connectivity index (χ4v) is 3.75. The van der Waals surface area contributed by atoms with E-state index in [0.29, 0.717) is 33.7 Å². The molecule has 0 saturated heterocycles. The van der Waals surface area contributed by atoms with Gasteiger partial charge in [0.2, 0.25) is 0 Å². The lowest BCUT2D eigenvalue weighted by Gasteiger charge is -2.13. The highest BCUT2D eigenvalue weighted by Crippen LogP contribution is 2.30. The van der Waals surface area contributed by atoms with Gasteiger partial charge in [-0.05, 0) is 48.4 Å². The monoisotopic (exact) mass is 453 g/mol. The second-order valence-corrected chi connectivity index (χ2v) is 7.68. The first-order valence-electron chi connectivity index (χ1n) is 10.7. The van der Waals surface area contributed by atoms with Gasteiger partial charge < -0.3 is 15.6 Å². The third-order valence-electron chi connectivity index (χ3n) is 5.36. The van der Waals surface area contributed by atoms with Gasteiger partial charge in [-0.2, -0.15) is 13.9 Å². The molecule has 3 aromatic heterocycles. The molecular weight excluding hydrogens is 428 g/mol. The highest BCUT2D eigenvalue weighted by Gasteiger charge is 2.16. The fraction of sp³-hybridized carbons (Fsp3) is 0.292. The Labute approximate surface area is 189 Å². The van der Waals surface area contributed by atoms with Gasteiger partial charge in [-0.15, -0.1) is 0 Å². The van der Waals surface area contributed by atoms with Gasteiger partial charge in [-0.25, -0.2) is 9.67 Å². The van der Waals surface area contributed by atoms with Crippen molar-refractivity contribution in [3.63, 3.8) is 0 Å². The van der Waals surface area contributed by atoms with E-state index in [0.717, 1.165) is 24.1 Å².